The minimum Gasteiger partial charge on any atom is -0.399 e. The number of nitrogen functional groups attached to an aromatic ring is 1. The van der Waals surface area contributed by atoms with Crippen molar-refractivity contribution in [1.82, 2.24) is 4.98 Å². The molecule has 2 rings (SSSR count). The topological polar surface area (TPSA) is 51.4 Å². The van der Waals surface area contributed by atoms with Crippen molar-refractivity contribution in [2.24, 2.45) is 5.92 Å². The molecule has 0 saturated carbocycles. The van der Waals surface area contributed by atoms with E-state index >= 15 is 0 Å². The molecule has 0 unspecified atom stereocenters. The van der Waals surface area contributed by atoms with E-state index in [2.05, 4.69) is 9.88 Å². The molecule has 1 fully saturated rings. The Balaban J connectivity index is 2.08. The van der Waals surface area contributed by atoms with E-state index in [1.165, 1.54) is 6.42 Å². The molecule has 0 aromatic carbocycles. The molecule has 4 nitrogen and oxygen atoms in total. The van der Waals surface area contributed by atoms with Crippen molar-refractivity contribution in [3.63, 3.8) is 0 Å². The van der Waals surface area contributed by atoms with Gasteiger partial charge in [0.15, 0.2) is 0 Å². The van der Waals surface area contributed by atoms with Gasteiger partial charge in [-0.05, 0) is 19.4 Å². The SMILES string of the molecule is COC[C@H]1CCN(c2cc(N)cc(C)n2)C1. The number of nitrogens with two attached hydrogens (primary N) is 1. The lowest BCUT2D eigenvalue weighted by atomic mass is 10.1. The highest BCUT2D eigenvalue weighted by Gasteiger charge is 2.23. The van der Waals surface area contributed by atoms with Crippen LogP contribution in [0.4, 0.5) is 11.5 Å². The summed E-state index contributed by atoms with van der Waals surface area (Å²) in [6, 6.07) is 3.84. The Bertz CT molecular complexity index is 347. The third-order valence-corrected chi connectivity index (χ3v) is 2.97. The zero-order valence-corrected chi connectivity index (χ0v) is 9.94. The number of hydrogen-bond acceptors (Lipinski definition) is 4. The van der Waals surface area contributed by atoms with E-state index in [1.54, 1.807) is 7.11 Å². The minimum atomic E-state index is 0.619. The summed E-state index contributed by atoms with van der Waals surface area (Å²) in [5, 5.41) is 0. The van der Waals surface area contributed by atoms with Crippen LogP contribution in [0.1, 0.15) is 12.1 Å². The fourth-order valence-electron chi connectivity index (χ4n) is 2.25. The van der Waals surface area contributed by atoms with Gasteiger partial charge in [-0.2, -0.15) is 0 Å². The summed E-state index contributed by atoms with van der Waals surface area (Å²) < 4.78 is 5.19. The number of pyridine rings is 1. The first-order valence-electron chi connectivity index (χ1n) is 5.67. The van der Waals surface area contributed by atoms with Crippen molar-refractivity contribution in [2.75, 3.05) is 37.4 Å². The first kappa shape index (κ1) is 11.2. The maximum atomic E-state index is 5.83. The second-order valence-electron chi connectivity index (χ2n) is 4.46. The molecule has 1 aromatic heterocycles. The standard InChI is InChI=1S/C12H19N3O/c1-9-5-11(13)6-12(14-9)15-4-3-10(7-15)8-16-2/h5-6,10H,3-4,7-8H2,1-2H3,(H2,13,14)/t10-/m0/s1. The van der Waals surface area contributed by atoms with Gasteiger partial charge in [0, 0.05) is 43.6 Å². The van der Waals surface area contributed by atoms with Gasteiger partial charge in [-0.15, -0.1) is 0 Å². The molecule has 2 N–H and O–H groups in total. The molecule has 0 amide bonds. The van der Waals surface area contributed by atoms with Crippen LogP contribution >= 0.6 is 0 Å². The zero-order valence-electron chi connectivity index (χ0n) is 9.94. The van der Waals surface area contributed by atoms with Crippen molar-refractivity contribution < 1.29 is 4.74 Å². The first-order valence-corrected chi connectivity index (χ1v) is 5.67. The lowest BCUT2D eigenvalue weighted by Gasteiger charge is -2.18. The number of aryl methyl sites for hydroxylation is 1. The Hall–Kier alpha value is -1.29. The average molecular weight is 221 g/mol. The predicted octanol–water partition coefficient (Wildman–Crippen LogP) is 1.44. The fourth-order valence-corrected chi connectivity index (χ4v) is 2.25. The van der Waals surface area contributed by atoms with Crippen LogP contribution in [-0.2, 0) is 4.74 Å². The summed E-state index contributed by atoms with van der Waals surface area (Å²) in [6.07, 6.45) is 1.17. The molecule has 16 heavy (non-hydrogen) atoms. The van der Waals surface area contributed by atoms with Crippen LogP contribution in [0.25, 0.3) is 0 Å². The average Bonchev–Trinajstić information content (AvgIpc) is 2.65. The van der Waals surface area contributed by atoms with Crippen LogP contribution < -0.4 is 10.6 Å². The molecule has 1 aliphatic rings. The summed E-state index contributed by atoms with van der Waals surface area (Å²) in [6.45, 7) is 4.87. The Morgan fingerprint density at radius 3 is 3.06 bits per heavy atom. The highest BCUT2D eigenvalue weighted by molar-refractivity contribution is 5.52. The van der Waals surface area contributed by atoms with Gasteiger partial charge in [0.25, 0.3) is 0 Å². The van der Waals surface area contributed by atoms with Crippen molar-refractivity contribution in [3.8, 4) is 0 Å². The molecule has 1 aliphatic heterocycles. The molecule has 1 saturated heterocycles. The zero-order chi connectivity index (χ0) is 11.5. The number of rotatable bonds is 3. The molecular weight excluding hydrogens is 202 g/mol. The minimum absolute atomic E-state index is 0.619. The van der Waals surface area contributed by atoms with E-state index in [9.17, 15) is 0 Å². The molecule has 4 heteroatoms. The van der Waals surface area contributed by atoms with Gasteiger partial charge in [0.1, 0.15) is 5.82 Å². The quantitative estimate of drug-likeness (QED) is 0.839. The molecule has 0 radical (unpaired) electrons. The van der Waals surface area contributed by atoms with Crippen molar-refractivity contribution in [1.29, 1.82) is 0 Å². The Labute approximate surface area is 96.4 Å². The molecule has 0 aliphatic carbocycles. The molecule has 88 valence electrons. The van der Waals surface area contributed by atoms with Crippen LogP contribution in [0.2, 0.25) is 0 Å². The molecule has 0 spiro atoms. The van der Waals surface area contributed by atoms with Gasteiger partial charge in [0.05, 0.1) is 6.61 Å². The summed E-state index contributed by atoms with van der Waals surface area (Å²) in [4.78, 5) is 6.80. The number of anilines is 2. The van der Waals surface area contributed by atoms with Crippen LogP contribution in [-0.4, -0.2) is 31.8 Å². The lowest BCUT2D eigenvalue weighted by Crippen LogP contribution is -2.22. The Morgan fingerprint density at radius 1 is 1.56 bits per heavy atom. The van der Waals surface area contributed by atoms with Crippen LogP contribution in [0, 0.1) is 12.8 Å². The molecule has 0 bridgehead atoms. The van der Waals surface area contributed by atoms with Crippen LogP contribution in [0.15, 0.2) is 12.1 Å². The molecule has 1 aromatic rings. The third-order valence-electron chi connectivity index (χ3n) is 2.97. The van der Waals surface area contributed by atoms with Gasteiger partial charge >= 0.3 is 0 Å². The van der Waals surface area contributed by atoms with Gasteiger partial charge in [-0.1, -0.05) is 0 Å². The third kappa shape index (κ3) is 2.44. The highest BCUT2D eigenvalue weighted by atomic mass is 16.5. The van der Waals surface area contributed by atoms with Gasteiger partial charge in [-0.25, -0.2) is 4.98 Å². The largest absolute Gasteiger partial charge is 0.399 e. The predicted molar refractivity (Wildman–Crippen MR) is 65.6 cm³/mol. The summed E-state index contributed by atoms with van der Waals surface area (Å²) in [5.74, 6) is 1.62. The Kier molecular flexibility index (Phi) is 3.29. The monoisotopic (exact) mass is 221 g/mol. The molecule has 1 atom stereocenters. The van der Waals surface area contributed by atoms with E-state index in [1.807, 2.05) is 19.1 Å². The van der Waals surface area contributed by atoms with E-state index in [4.69, 9.17) is 10.5 Å². The summed E-state index contributed by atoms with van der Waals surface area (Å²) in [5.41, 5.74) is 7.60. The normalized spacial score (nSPS) is 20.4. The maximum Gasteiger partial charge on any atom is 0.130 e. The first-order chi connectivity index (χ1) is 7.69. The van der Waals surface area contributed by atoms with Gasteiger partial charge < -0.3 is 15.4 Å². The van der Waals surface area contributed by atoms with E-state index in [0.717, 1.165) is 36.9 Å². The molecule has 2 heterocycles. The van der Waals surface area contributed by atoms with E-state index in [0.29, 0.717) is 5.92 Å². The second-order valence-corrected chi connectivity index (χ2v) is 4.46. The van der Waals surface area contributed by atoms with Crippen molar-refractivity contribution in [3.05, 3.63) is 17.8 Å². The van der Waals surface area contributed by atoms with Crippen LogP contribution in [0.3, 0.4) is 0 Å². The Morgan fingerprint density at radius 2 is 2.38 bits per heavy atom. The molecular formula is C12H19N3O. The fraction of sp³-hybridized carbons (Fsp3) is 0.583. The number of nitrogens with zero attached hydrogens (tertiary/aromatic N) is 2. The maximum absolute atomic E-state index is 5.83. The van der Waals surface area contributed by atoms with E-state index in [-0.39, 0.29) is 0 Å². The number of hydrogen-bond donors (Lipinski definition) is 1. The van der Waals surface area contributed by atoms with Gasteiger partial charge in [0.2, 0.25) is 0 Å². The lowest BCUT2D eigenvalue weighted by molar-refractivity contribution is 0.161. The van der Waals surface area contributed by atoms with Gasteiger partial charge in [-0.3, -0.25) is 0 Å². The van der Waals surface area contributed by atoms with Crippen molar-refractivity contribution in [2.45, 2.75) is 13.3 Å². The van der Waals surface area contributed by atoms with Crippen molar-refractivity contribution >= 4 is 11.5 Å². The van der Waals surface area contributed by atoms with Crippen LogP contribution in [0.5, 0.6) is 0 Å². The second kappa shape index (κ2) is 4.70. The van der Waals surface area contributed by atoms with E-state index < -0.39 is 0 Å². The summed E-state index contributed by atoms with van der Waals surface area (Å²) >= 11 is 0. The smallest absolute Gasteiger partial charge is 0.130 e. The highest BCUT2D eigenvalue weighted by Crippen LogP contribution is 2.24. The number of aromatic nitrogens is 1. The number of methoxy groups -OCH3 is 1. The number of ether oxygens (including phenoxy) is 1. The summed E-state index contributed by atoms with van der Waals surface area (Å²) in [7, 11) is 1.76.